The number of aromatic amines is 1. The van der Waals surface area contributed by atoms with Gasteiger partial charge in [-0.05, 0) is 17.7 Å². The normalized spacial score (nSPS) is 10.5. The van der Waals surface area contributed by atoms with Crippen LogP contribution in [0.2, 0.25) is 0 Å². The Morgan fingerprint density at radius 1 is 1.14 bits per heavy atom. The monoisotopic (exact) mass is 294 g/mol. The third kappa shape index (κ3) is 2.74. The number of nitrogens with one attached hydrogen (secondary N) is 1. The van der Waals surface area contributed by atoms with E-state index in [1.165, 1.54) is 0 Å². The minimum Gasteiger partial charge on any atom is -0.457 e. The van der Waals surface area contributed by atoms with E-state index in [0.717, 1.165) is 11.8 Å². The lowest BCUT2D eigenvalue weighted by molar-refractivity contribution is -0.107. The highest BCUT2D eigenvalue weighted by molar-refractivity contribution is 6.05. The Hall–Kier alpha value is -2.95. The van der Waals surface area contributed by atoms with Crippen molar-refractivity contribution in [2.75, 3.05) is 0 Å². The summed E-state index contributed by atoms with van der Waals surface area (Å²) in [7, 11) is 0. The van der Waals surface area contributed by atoms with Crippen molar-refractivity contribution in [3.8, 4) is 0 Å². The molecular weight excluding hydrogens is 280 g/mol. The molecule has 0 spiro atoms. The van der Waals surface area contributed by atoms with Crippen LogP contribution in [0.5, 0.6) is 0 Å². The Balaban J connectivity index is 1.87. The van der Waals surface area contributed by atoms with Crippen molar-refractivity contribution >= 4 is 23.2 Å². The Morgan fingerprint density at radius 3 is 2.73 bits per heavy atom. The minimum atomic E-state index is -0.428. The zero-order valence-corrected chi connectivity index (χ0v) is 11.8. The lowest BCUT2D eigenvalue weighted by Crippen LogP contribution is -2.06. The van der Waals surface area contributed by atoms with Gasteiger partial charge >= 0.3 is 5.97 Å². The number of benzene rings is 2. The number of fused-ring (bicyclic) bond motifs is 1. The molecule has 3 aromatic rings. The quantitative estimate of drug-likeness (QED) is 0.580. The van der Waals surface area contributed by atoms with Crippen LogP contribution in [0, 0.1) is 0 Å². The zero-order chi connectivity index (χ0) is 15.4. The number of ether oxygens (including phenoxy) is 1. The number of carbonyl (C=O) groups excluding carboxylic acids is 2. The summed E-state index contributed by atoms with van der Waals surface area (Å²) in [6.45, 7) is 0.205. The van der Waals surface area contributed by atoms with Gasteiger partial charge in [0.2, 0.25) is 0 Å². The summed E-state index contributed by atoms with van der Waals surface area (Å²) in [6.07, 6.45) is 0.957. The minimum absolute atomic E-state index is 0.180. The smallest absolute Gasteiger partial charge is 0.339 e. The average molecular weight is 294 g/mol. The van der Waals surface area contributed by atoms with Crippen molar-refractivity contribution in [3.63, 3.8) is 0 Å². The van der Waals surface area contributed by atoms with Gasteiger partial charge in [0.05, 0.1) is 16.8 Å². The zero-order valence-electron chi connectivity index (χ0n) is 11.8. The van der Waals surface area contributed by atoms with Gasteiger partial charge in [-0.15, -0.1) is 0 Å². The van der Waals surface area contributed by atoms with Gasteiger partial charge in [0.15, 0.2) is 0 Å². The Labute approximate surface area is 126 Å². The number of nitrogens with zero attached hydrogens (tertiary/aromatic N) is 1. The molecule has 0 amide bonds. The highest BCUT2D eigenvalue weighted by atomic mass is 16.5. The summed E-state index contributed by atoms with van der Waals surface area (Å²) in [4.78, 5) is 23.1. The summed E-state index contributed by atoms with van der Waals surface area (Å²) in [5.74, 6) is -0.428. The van der Waals surface area contributed by atoms with Gasteiger partial charge in [-0.25, -0.2) is 4.79 Å². The molecule has 0 bridgehead atoms. The number of hydrogen-bond donors (Lipinski definition) is 1. The van der Waals surface area contributed by atoms with E-state index < -0.39 is 5.97 Å². The van der Waals surface area contributed by atoms with Gasteiger partial charge in [0, 0.05) is 11.8 Å². The van der Waals surface area contributed by atoms with Crippen molar-refractivity contribution in [2.24, 2.45) is 0 Å². The molecule has 0 aliphatic rings. The molecule has 0 radical (unpaired) electrons. The van der Waals surface area contributed by atoms with Crippen LogP contribution in [0.4, 0.5) is 0 Å². The molecule has 1 heterocycles. The third-order valence-electron chi connectivity index (χ3n) is 3.38. The van der Waals surface area contributed by atoms with Crippen LogP contribution in [0.15, 0.2) is 48.5 Å². The van der Waals surface area contributed by atoms with E-state index in [2.05, 4.69) is 10.2 Å². The second-order valence-electron chi connectivity index (χ2n) is 4.83. The highest BCUT2D eigenvalue weighted by Gasteiger charge is 2.16. The van der Waals surface area contributed by atoms with Crippen molar-refractivity contribution in [2.45, 2.75) is 13.0 Å². The van der Waals surface area contributed by atoms with Crippen molar-refractivity contribution in [1.82, 2.24) is 10.2 Å². The third-order valence-corrected chi connectivity index (χ3v) is 3.38. The predicted molar refractivity (Wildman–Crippen MR) is 81.4 cm³/mol. The maximum atomic E-state index is 12.3. The molecule has 0 aliphatic heterocycles. The van der Waals surface area contributed by atoms with Gasteiger partial charge in [0.1, 0.15) is 12.9 Å². The average Bonchev–Trinajstić information content (AvgIpc) is 2.97. The number of aldehydes is 1. The summed E-state index contributed by atoms with van der Waals surface area (Å²) < 4.78 is 5.36. The van der Waals surface area contributed by atoms with Crippen LogP contribution in [-0.2, 0) is 22.6 Å². The topological polar surface area (TPSA) is 72.0 Å². The highest BCUT2D eigenvalue weighted by Crippen LogP contribution is 2.22. The Bertz CT molecular complexity index is 809. The SMILES string of the molecule is O=CCc1[nH]nc2cccc(C(=O)OCc3ccccc3)c12. The van der Waals surface area contributed by atoms with Crippen LogP contribution < -0.4 is 0 Å². The largest absolute Gasteiger partial charge is 0.457 e. The fourth-order valence-corrected chi connectivity index (χ4v) is 2.34. The maximum absolute atomic E-state index is 12.3. The molecule has 110 valence electrons. The van der Waals surface area contributed by atoms with E-state index in [1.807, 2.05) is 30.3 Å². The molecule has 5 heteroatoms. The van der Waals surface area contributed by atoms with Gasteiger partial charge < -0.3 is 9.53 Å². The number of rotatable bonds is 5. The van der Waals surface area contributed by atoms with E-state index in [4.69, 9.17) is 4.74 Å². The number of esters is 1. The van der Waals surface area contributed by atoms with Crippen molar-refractivity contribution < 1.29 is 14.3 Å². The maximum Gasteiger partial charge on any atom is 0.339 e. The number of H-pyrrole nitrogens is 1. The van der Waals surface area contributed by atoms with Crippen LogP contribution in [0.25, 0.3) is 10.9 Å². The lowest BCUT2D eigenvalue weighted by Gasteiger charge is -2.06. The van der Waals surface area contributed by atoms with Crippen molar-refractivity contribution in [3.05, 3.63) is 65.4 Å². The number of hydrogen-bond acceptors (Lipinski definition) is 4. The summed E-state index contributed by atoms with van der Waals surface area (Å²) in [6, 6.07) is 14.7. The van der Waals surface area contributed by atoms with Gasteiger partial charge in [-0.2, -0.15) is 5.10 Å². The first-order valence-corrected chi connectivity index (χ1v) is 6.90. The molecule has 1 aromatic heterocycles. The molecule has 0 unspecified atom stereocenters. The first-order chi connectivity index (χ1) is 10.8. The summed E-state index contributed by atoms with van der Waals surface area (Å²) in [5.41, 5.74) is 2.60. The van der Waals surface area contributed by atoms with Crippen LogP contribution in [-0.4, -0.2) is 22.5 Å². The first-order valence-electron chi connectivity index (χ1n) is 6.90. The fraction of sp³-hybridized carbons (Fsp3) is 0.118. The van der Waals surface area contributed by atoms with Crippen LogP contribution >= 0.6 is 0 Å². The van der Waals surface area contributed by atoms with E-state index in [-0.39, 0.29) is 13.0 Å². The summed E-state index contributed by atoms with van der Waals surface area (Å²) >= 11 is 0. The Morgan fingerprint density at radius 2 is 1.95 bits per heavy atom. The molecule has 0 atom stereocenters. The molecule has 2 aromatic carbocycles. The predicted octanol–water partition coefficient (Wildman–Crippen LogP) is 2.66. The van der Waals surface area contributed by atoms with E-state index in [1.54, 1.807) is 18.2 Å². The molecule has 0 saturated carbocycles. The standard InChI is InChI=1S/C17H14N2O3/c20-10-9-15-16-13(7-4-8-14(16)18-19-15)17(21)22-11-12-5-2-1-3-6-12/h1-8,10H,9,11H2,(H,18,19). The van der Waals surface area contributed by atoms with E-state index in [9.17, 15) is 9.59 Å². The molecule has 0 aliphatic carbocycles. The number of carbonyl (C=O) groups is 2. The molecule has 5 nitrogen and oxygen atoms in total. The van der Waals surface area contributed by atoms with E-state index in [0.29, 0.717) is 22.2 Å². The van der Waals surface area contributed by atoms with Gasteiger partial charge in [-0.3, -0.25) is 5.10 Å². The fourth-order valence-electron chi connectivity index (χ4n) is 2.34. The summed E-state index contributed by atoms with van der Waals surface area (Å²) in [5, 5.41) is 7.55. The first kappa shape index (κ1) is 14.0. The van der Waals surface area contributed by atoms with E-state index >= 15 is 0 Å². The second-order valence-corrected chi connectivity index (χ2v) is 4.83. The molecular formula is C17H14N2O3. The lowest BCUT2D eigenvalue weighted by atomic mass is 10.1. The number of aromatic nitrogens is 2. The molecule has 1 N–H and O–H groups in total. The van der Waals surface area contributed by atoms with Crippen molar-refractivity contribution in [1.29, 1.82) is 0 Å². The molecule has 0 fully saturated rings. The van der Waals surface area contributed by atoms with Gasteiger partial charge in [0.25, 0.3) is 0 Å². The second kappa shape index (κ2) is 6.22. The van der Waals surface area contributed by atoms with Crippen LogP contribution in [0.1, 0.15) is 21.6 Å². The van der Waals surface area contributed by atoms with Crippen LogP contribution in [0.3, 0.4) is 0 Å². The molecule has 3 rings (SSSR count). The molecule has 0 saturated heterocycles. The molecule has 22 heavy (non-hydrogen) atoms. The van der Waals surface area contributed by atoms with Gasteiger partial charge in [-0.1, -0.05) is 36.4 Å². The Kier molecular flexibility index (Phi) is 3.96.